The number of allylic oxidation sites excluding steroid dienone is 1. The highest BCUT2D eigenvalue weighted by atomic mass is 35.5. The summed E-state index contributed by atoms with van der Waals surface area (Å²) in [7, 11) is 0. The third-order valence-corrected chi connectivity index (χ3v) is 5.84. The van der Waals surface area contributed by atoms with Crippen molar-refractivity contribution in [1.82, 2.24) is 4.90 Å². The molecule has 2 aliphatic rings. The van der Waals surface area contributed by atoms with E-state index in [1.807, 2.05) is 17.0 Å². The normalized spacial score (nSPS) is 26.6. The van der Waals surface area contributed by atoms with Gasteiger partial charge in [0.25, 0.3) is 0 Å². The van der Waals surface area contributed by atoms with E-state index < -0.39 is 0 Å². The van der Waals surface area contributed by atoms with Crippen LogP contribution in [0.15, 0.2) is 40.9 Å². The van der Waals surface area contributed by atoms with Gasteiger partial charge in [-0.15, -0.1) is 0 Å². The van der Waals surface area contributed by atoms with E-state index in [9.17, 15) is 4.79 Å². The lowest BCUT2D eigenvalue weighted by atomic mass is 10.1. The van der Waals surface area contributed by atoms with E-state index in [4.69, 9.17) is 23.2 Å². The minimum atomic E-state index is 0.0585. The van der Waals surface area contributed by atoms with Crippen molar-refractivity contribution in [3.8, 4) is 0 Å². The number of rotatable bonds is 5. The standard InChI is InChI=1S/C20H26Cl2N2O/c1-14(2)18-16(12-17(21)22)19(18)20(25)24-10-8-23(9-11-24)13-15-6-4-3-5-7-15/h3-7,12,14,16,18-19H,8-11,13H2,1-2H3/p+1/t16-,18-,19+/m1/s1. The van der Waals surface area contributed by atoms with Gasteiger partial charge < -0.3 is 9.80 Å². The highest BCUT2D eigenvalue weighted by Gasteiger charge is 2.56. The average Bonchev–Trinajstić information content (AvgIpc) is 3.29. The molecule has 0 unspecified atom stereocenters. The number of carbonyl (C=O) groups excluding carboxylic acids is 1. The third-order valence-electron chi connectivity index (χ3n) is 5.59. The second kappa shape index (κ2) is 8.11. The van der Waals surface area contributed by atoms with E-state index >= 15 is 0 Å². The van der Waals surface area contributed by atoms with Crippen molar-refractivity contribution >= 4 is 29.1 Å². The summed E-state index contributed by atoms with van der Waals surface area (Å²) < 4.78 is 0.281. The molecule has 5 heteroatoms. The van der Waals surface area contributed by atoms with E-state index in [2.05, 4.69) is 38.1 Å². The Balaban J connectivity index is 1.54. The molecule has 0 aromatic heterocycles. The predicted octanol–water partition coefficient (Wildman–Crippen LogP) is 2.75. The molecule has 1 heterocycles. The van der Waals surface area contributed by atoms with Crippen LogP contribution in [0.25, 0.3) is 0 Å². The van der Waals surface area contributed by atoms with Crippen LogP contribution in [0, 0.1) is 23.7 Å². The Morgan fingerprint density at radius 2 is 1.88 bits per heavy atom. The summed E-state index contributed by atoms with van der Waals surface area (Å²) in [5.41, 5.74) is 1.36. The molecule has 3 nitrogen and oxygen atoms in total. The number of benzene rings is 1. The van der Waals surface area contributed by atoms with Crippen LogP contribution in [0.4, 0.5) is 0 Å². The number of halogens is 2. The molecule has 1 N–H and O–H groups in total. The van der Waals surface area contributed by atoms with Crippen LogP contribution in [0.1, 0.15) is 19.4 Å². The molecule has 1 aliphatic carbocycles. The number of nitrogens with zero attached hydrogens (tertiary/aromatic N) is 1. The number of hydrogen-bond donors (Lipinski definition) is 1. The molecule has 1 amide bonds. The summed E-state index contributed by atoms with van der Waals surface area (Å²) in [6.07, 6.45) is 1.85. The van der Waals surface area contributed by atoms with Gasteiger partial charge in [-0.05, 0) is 23.8 Å². The van der Waals surface area contributed by atoms with Crippen molar-refractivity contribution in [2.45, 2.75) is 20.4 Å². The molecular formula is C20H27Cl2N2O+. The van der Waals surface area contributed by atoms with Crippen LogP contribution in [-0.4, -0.2) is 37.0 Å². The zero-order chi connectivity index (χ0) is 18.0. The first-order valence-electron chi connectivity index (χ1n) is 9.16. The summed E-state index contributed by atoms with van der Waals surface area (Å²) >= 11 is 11.7. The Kier molecular flexibility index (Phi) is 6.08. The van der Waals surface area contributed by atoms with Crippen LogP contribution in [0.2, 0.25) is 0 Å². The van der Waals surface area contributed by atoms with Gasteiger partial charge in [-0.1, -0.05) is 67.4 Å². The minimum absolute atomic E-state index is 0.0585. The molecule has 0 spiro atoms. The van der Waals surface area contributed by atoms with E-state index in [1.54, 1.807) is 4.90 Å². The largest absolute Gasteiger partial charge is 0.331 e. The highest BCUT2D eigenvalue weighted by Crippen LogP contribution is 2.53. The fraction of sp³-hybridized carbons (Fsp3) is 0.550. The van der Waals surface area contributed by atoms with Gasteiger partial charge in [-0.2, -0.15) is 0 Å². The summed E-state index contributed by atoms with van der Waals surface area (Å²) in [5.74, 6) is 1.38. The summed E-state index contributed by atoms with van der Waals surface area (Å²) in [5, 5.41) is 0. The van der Waals surface area contributed by atoms with Gasteiger partial charge in [0.05, 0.1) is 26.2 Å². The first-order valence-corrected chi connectivity index (χ1v) is 9.92. The fourth-order valence-electron chi connectivity index (χ4n) is 4.22. The Morgan fingerprint density at radius 1 is 1.24 bits per heavy atom. The first kappa shape index (κ1) is 18.8. The number of hydrogen-bond acceptors (Lipinski definition) is 1. The molecule has 25 heavy (non-hydrogen) atoms. The molecule has 3 rings (SSSR count). The Bertz CT molecular complexity index is 620. The number of quaternary nitrogens is 1. The van der Waals surface area contributed by atoms with E-state index in [0.717, 1.165) is 32.7 Å². The average molecular weight is 382 g/mol. The van der Waals surface area contributed by atoms with Crippen LogP contribution < -0.4 is 4.90 Å². The van der Waals surface area contributed by atoms with Crippen molar-refractivity contribution in [2.24, 2.45) is 23.7 Å². The maximum absolute atomic E-state index is 12.9. The van der Waals surface area contributed by atoms with Gasteiger partial charge in [0.2, 0.25) is 5.91 Å². The zero-order valence-corrected chi connectivity index (χ0v) is 16.4. The zero-order valence-electron chi connectivity index (χ0n) is 14.9. The Labute approximate surface area is 160 Å². The molecule has 1 aliphatic heterocycles. The summed E-state index contributed by atoms with van der Waals surface area (Å²) in [4.78, 5) is 16.5. The van der Waals surface area contributed by atoms with Gasteiger partial charge in [-0.3, -0.25) is 4.79 Å². The van der Waals surface area contributed by atoms with E-state index in [1.165, 1.54) is 5.56 Å². The minimum Gasteiger partial charge on any atom is -0.331 e. The number of carbonyl (C=O) groups is 1. The van der Waals surface area contributed by atoms with Crippen molar-refractivity contribution in [3.05, 3.63) is 46.5 Å². The van der Waals surface area contributed by atoms with Crippen LogP contribution >= 0.6 is 23.2 Å². The topological polar surface area (TPSA) is 24.8 Å². The molecule has 1 saturated heterocycles. The second-order valence-corrected chi connectivity index (χ2v) is 8.63. The molecule has 3 atom stereocenters. The molecule has 0 bridgehead atoms. The lowest BCUT2D eigenvalue weighted by Gasteiger charge is -2.32. The van der Waals surface area contributed by atoms with Crippen molar-refractivity contribution in [3.63, 3.8) is 0 Å². The Morgan fingerprint density at radius 3 is 2.44 bits per heavy atom. The first-order chi connectivity index (χ1) is 12.0. The third kappa shape index (κ3) is 4.58. The van der Waals surface area contributed by atoms with Gasteiger partial charge in [-0.25, -0.2) is 0 Å². The molecule has 0 radical (unpaired) electrons. The SMILES string of the molecule is CC(C)[C@@H]1[C@@H](C=C(Cl)Cl)[C@@H]1C(=O)N1CC[NH+](Cc2ccccc2)CC1. The molecule has 136 valence electrons. The van der Waals surface area contributed by atoms with Crippen molar-refractivity contribution in [2.75, 3.05) is 26.2 Å². The quantitative estimate of drug-likeness (QED) is 0.832. The second-order valence-electron chi connectivity index (χ2n) is 7.62. The molecule has 1 aromatic carbocycles. The van der Waals surface area contributed by atoms with Crippen LogP contribution in [0.3, 0.4) is 0 Å². The maximum Gasteiger partial charge on any atom is 0.227 e. The molecule has 2 fully saturated rings. The number of amides is 1. The molecule has 1 aromatic rings. The highest BCUT2D eigenvalue weighted by molar-refractivity contribution is 6.55. The molecular weight excluding hydrogens is 355 g/mol. The van der Waals surface area contributed by atoms with Crippen LogP contribution in [-0.2, 0) is 11.3 Å². The van der Waals surface area contributed by atoms with E-state index in [0.29, 0.717) is 11.8 Å². The molecule has 1 saturated carbocycles. The van der Waals surface area contributed by atoms with Gasteiger partial charge in [0.1, 0.15) is 11.0 Å². The van der Waals surface area contributed by atoms with Crippen molar-refractivity contribution in [1.29, 1.82) is 0 Å². The van der Waals surface area contributed by atoms with E-state index in [-0.39, 0.29) is 22.2 Å². The predicted molar refractivity (Wildman–Crippen MR) is 103 cm³/mol. The number of nitrogens with one attached hydrogen (secondary N) is 1. The Hall–Kier alpha value is -1.03. The van der Waals surface area contributed by atoms with Gasteiger partial charge in [0, 0.05) is 11.5 Å². The fourth-order valence-corrected chi connectivity index (χ4v) is 4.51. The van der Waals surface area contributed by atoms with Crippen molar-refractivity contribution < 1.29 is 9.69 Å². The van der Waals surface area contributed by atoms with Gasteiger partial charge >= 0.3 is 0 Å². The number of piperazine rings is 1. The van der Waals surface area contributed by atoms with Gasteiger partial charge in [0.15, 0.2) is 0 Å². The monoisotopic (exact) mass is 381 g/mol. The maximum atomic E-state index is 12.9. The smallest absolute Gasteiger partial charge is 0.227 e. The lowest BCUT2D eigenvalue weighted by molar-refractivity contribution is -0.917. The summed E-state index contributed by atoms with van der Waals surface area (Å²) in [6.45, 7) is 9.08. The van der Waals surface area contributed by atoms with Crippen LogP contribution in [0.5, 0.6) is 0 Å². The summed E-state index contributed by atoms with van der Waals surface area (Å²) in [6, 6.07) is 10.6. The lowest BCUT2D eigenvalue weighted by Crippen LogP contribution is -3.13.